The maximum Gasteiger partial charge on any atom is 0.144 e. The third kappa shape index (κ3) is 3.74. The monoisotopic (exact) mass is 367 g/mol. The van der Waals surface area contributed by atoms with Crippen LogP contribution in [0.5, 0.6) is 0 Å². The highest BCUT2D eigenvalue weighted by Crippen LogP contribution is 2.32. The summed E-state index contributed by atoms with van der Waals surface area (Å²) in [5.74, 6) is 1.57. The number of anilines is 1. The zero-order valence-corrected chi connectivity index (χ0v) is 15.0. The second-order valence-corrected chi connectivity index (χ2v) is 7.12. The van der Waals surface area contributed by atoms with E-state index < -0.39 is 0 Å². The third-order valence-corrected chi connectivity index (χ3v) is 4.27. The summed E-state index contributed by atoms with van der Waals surface area (Å²) in [6, 6.07) is 7.79. The molecule has 3 nitrogen and oxygen atoms in total. The molecule has 0 aliphatic rings. The SMILES string of the molecule is CNc1nc(Cc2ccccc2Cl)nc(C(C)(C)C)c1Br. The molecule has 5 heteroatoms. The van der Waals surface area contributed by atoms with Crippen LogP contribution in [0.25, 0.3) is 0 Å². The molecule has 0 fully saturated rings. The van der Waals surface area contributed by atoms with E-state index in [1.807, 2.05) is 31.3 Å². The average Bonchev–Trinajstić information content (AvgIpc) is 2.41. The lowest BCUT2D eigenvalue weighted by Crippen LogP contribution is -2.18. The van der Waals surface area contributed by atoms with Crippen LogP contribution in [0, 0.1) is 0 Å². The predicted octanol–water partition coefficient (Wildman–Crippen LogP) is 4.82. The minimum absolute atomic E-state index is 0.0669. The number of aromatic nitrogens is 2. The number of halogens is 2. The Labute approximate surface area is 139 Å². The van der Waals surface area contributed by atoms with Crippen molar-refractivity contribution in [3.63, 3.8) is 0 Å². The van der Waals surface area contributed by atoms with Gasteiger partial charge < -0.3 is 5.32 Å². The number of nitrogens with zero attached hydrogens (tertiary/aromatic N) is 2. The number of hydrogen-bond donors (Lipinski definition) is 1. The standard InChI is InChI=1S/C16H19BrClN3/c1-16(2,3)14-13(17)15(19-4)21-12(20-14)9-10-7-5-6-8-11(10)18/h5-8H,9H2,1-4H3,(H,19,20,21). The summed E-state index contributed by atoms with van der Waals surface area (Å²) in [6.07, 6.45) is 0.616. The second-order valence-electron chi connectivity index (χ2n) is 5.92. The van der Waals surface area contributed by atoms with Gasteiger partial charge in [0.25, 0.3) is 0 Å². The number of nitrogens with one attached hydrogen (secondary N) is 1. The Balaban J connectivity index is 2.48. The van der Waals surface area contributed by atoms with Crippen LogP contribution >= 0.6 is 27.5 Å². The molecule has 1 aromatic heterocycles. The molecule has 21 heavy (non-hydrogen) atoms. The van der Waals surface area contributed by atoms with Gasteiger partial charge in [-0.05, 0) is 27.6 Å². The van der Waals surface area contributed by atoms with Gasteiger partial charge in [0, 0.05) is 23.9 Å². The minimum Gasteiger partial charge on any atom is -0.372 e. The summed E-state index contributed by atoms with van der Waals surface area (Å²) in [7, 11) is 1.86. The molecule has 1 aromatic carbocycles. The highest BCUT2D eigenvalue weighted by atomic mass is 79.9. The summed E-state index contributed by atoms with van der Waals surface area (Å²) < 4.78 is 0.917. The van der Waals surface area contributed by atoms with E-state index in [1.54, 1.807) is 0 Å². The molecule has 0 saturated heterocycles. The van der Waals surface area contributed by atoms with E-state index in [1.165, 1.54) is 0 Å². The van der Waals surface area contributed by atoms with E-state index in [4.69, 9.17) is 16.6 Å². The first-order chi connectivity index (χ1) is 9.82. The van der Waals surface area contributed by atoms with Gasteiger partial charge in [0.05, 0.1) is 10.2 Å². The van der Waals surface area contributed by atoms with Crippen LogP contribution in [0.2, 0.25) is 5.02 Å². The van der Waals surface area contributed by atoms with Crippen molar-refractivity contribution < 1.29 is 0 Å². The molecule has 2 rings (SSSR count). The van der Waals surface area contributed by atoms with E-state index in [0.717, 1.165) is 32.4 Å². The Morgan fingerprint density at radius 1 is 1.19 bits per heavy atom. The van der Waals surface area contributed by atoms with E-state index in [9.17, 15) is 0 Å². The molecule has 0 bridgehead atoms. The fourth-order valence-corrected chi connectivity index (χ4v) is 3.22. The van der Waals surface area contributed by atoms with Crippen LogP contribution < -0.4 is 5.32 Å². The average molecular weight is 369 g/mol. The molecule has 0 amide bonds. The molecule has 112 valence electrons. The molecule has 0 saturated carbocycles. The maximum atomic E-state index is 6.23. The smallest absolute Gasteiger partial charge is 0.144 e. The molecular weight excluding hydrogens is 350 g/mol. The van der Waals surface area contributed by atoms with Gasteiger partial charge in [0.2, 0.25) is 0 Å². The van der Waals surface area contributed by atoms with Crippen LogP contribution in [0.15, 0.2) is 28.7 Å². The van der Waals surface area contributed by atoms with Gasteiger partial charge in [-0.3, -0.25) is 0 Å². The minimum atomic E-state index is -0.0669. The van der Waals surface area contributed by atoms with Crippen molar-refractivity contribution in [3.05, 3.63) is 50.8 Å². The van der Waals surface area contributed by atoms with E-state index in [-0.39, 0.29) is 5.41 Å². The first kappa shape index (κ1) is 16.2. The van der Waals surface area contributed by atoms with Gasteiger partial charge in [0.1, 0.15) is 11.6 Å². The van der Waals surface area contributed by atoms with Gasteiger partial charge in [-0.25, -0.2) is 9.97 Å². The Morgan fingerprint density at radius 2 is 1.86 bits per heavy atom. The first-order valence-electron chi connectivity index (χ1n) is 6.81. The summed E-state index contributed by atoms with van der Waals surface area (Å²) in [5.41, 5.74) is 1.95. The lowest BCUT2D eigenvalue weighted by molar-refractivity contribution is 0.559. The van der Waals surface area contributed by atoms with Crippen molar-refractivity contribution in [1.29, 1.82) is 0 Å². The zero-order valence-electron chi connectivity index (χ0n) is 12.7. The van der Waals surface area contributed by atoms with E-state index in [2.05, 4.69) is 47.0 Å². The van der Waals surface area contributed by atoms with Crippen LogP contribution in [0.3, 0.4) is 0 Å². The molecule has 0 aliphatic heterocycles. The molecule has 1 N–H and O–H groups in total. The Bertz CT molecular complexity index is 650. The topological polar surface area (TPSA) is 37.8 Å². The van der Waals surface area contributed by atoms with Crippen LogP contribution in [-0.2, 0) is 11.8 Å². The van der Waals surface area contributed by atoms with Gasteiger partial charge in [-0.15, -0.1) is 0 Å². The van der Waals surface area contributed by atoms with Crippen molar-refractivity contribution in [2.45, 2.75) is 32.6 Å². The summed E-state index contributed by atoms with van der Waals surface area (Å²) in [6.45, 7) is 6.41. The molecule has 0 atom stereocenters. The predicted molar refractivity (Wildman–Crippen MR) is 92.2 cm³/mol. The van der Waals surface area contributed by atoms with Crippen molar-refractivity contribution in [2.75, 3.05) is 12.4 Å². The molecule has 0 radical (unpaired) electrons. The van der Waals surface area contributed by atoms with Gasteiger partial charge in [-0.1, -0.05) is 50.6 Å². The molecular formula is C16H19BrClN3. The van der Waals surface area contributed by atoms with Crippen molar-refractivity contribution >= 4 is 33.3 Å². The fraction of sp³-hybridized carbons (Fsp3) is 0.375. The van der Waals surface area contributed by atoms with Crippen molar-refractivity contribution in [3.8, 4) is 0 Å². The quantitative estimate of drug-likeness (QED) is 0.844. The summed E-state index contributed by atoms with van der Waals surface area (Å²) in [4.78, 5) is 9.31. The number of hydrogen-bond acceptors (Lipinski definition) is 3. The summed E-state index contributed by atoms with van der Waals surface area (Å²) in [5, 5.41) is 3.86. The fourth-order valence-electron chi connectivity index (χ4n) is 2.05. The lowest BCUT2D eigenvalue weighted by atomic mass is 9.91. The Kier molecular flexibility index (Phi) is 4.89. The van der Waals surface area contributed by atoms with E-state index >= 15 is 0 Å². The number of benzene rings is 1. The highest BCUT2D eigenvalue weighted by molar-refractivity contribution is 9.10. The van der Waals surface area contributed by atoms with Gasteiger partial charge in [0.15, 0.2) is 0 Å². The lowest BCUT2D eigenvalue weighted by Gasteiger charge is -2.21. The Morgan fingerprint density at radius 3 is 2.43 bits per heavy atom. The van der Waals surface area contributed by atoms with Gasteiger partial charge in [-0.2, -0.15) is 0 Å². The molecule has 0 unspecified atom stereocenters. The molecule has 1 heterocycles. The normalized spacial score (nSPS) is 11.5. The zero-order chi connectivity index (χ0) is 15.6. The van der Waals surface area contributed by atoms with E-state index in [0.29, 0.717) is 6.42 Å². The van der Waals surface area contributed by atoms with Crippen molar-refractivity contribution in [1.82, 2.24) is 9.97 Å². The molecule has 0 spiro atoms. The van der Waals surface area contributed by atoms with Crippen LogP contribution in [-0.4, -0.2) is 17.0 Å². The van der Waals surface area contributed by atoms with Crippen LogP contribution in [0.1, 0.15) is 37.9 Å². The molecule has 0 aliphatic carbocycles. The van der Waals surface area contributed by atoms with Gasteiger partial charge >= 0.3 is 0 Å². The maximum absolute atomic E-state index is 6.23. The number of rotatable bonds is 3. The Hall–Kier alpha value is -1.13. The largest absolute Gasteiger partial charge is 0.372 e. The van der Waals surface area contributed by atoms with Crippen LogP contribution in [0.4, 0.5) is 5.82 Å². The first-order valence-corrected chi connectivity index (χ1v) is 7.98. The molecule has 2 aromatic rings. The summed E-state index contributed by atoms with van der Waals surface area (Å²) >= 11 is 9.83. The second kappa shape index (κ2) is 6.32. The third-order valence-electron chi connectivity index (χ3n) is 3.15. The highest BCUT2D eigenvalue weighted by Gasteiger charge is 2.23. The van der Waals surface area contributed by atoms with Crippen molar-refractivity contribution in [2.24, 2.45) is 0 Å².